The summed E-state index contributed by atoms with van der Waals surface area (Å²) in [5.74, 6) is 0.106. The second-order valence-electron chi connectivity index (χ2n) is 8.48. The van der Waals surface area contributed by atoms with Gasteiger partial charge in [-0.15, -0.1) is 0 Å². The molecule has 0 radical (unpaired) electrons. The molecular formula is C26H25N3O4S. The van der Waals surface area contributed by atoms with E-state index in [-0.39, 0.29) is 11.3 Å². The number of nitrogens with zero attached hydrogens (tertiary/aromatic N) is 2. The molecule has 0 unspecified atom stereocenters. The smallest absolute Gasteiger partial charge is 0.264 e. The molecule has 8 heteroatoms. The average molecular weight is 476 g/mol. The number of sulfonamides is 1. The lowest BCUT2D eigenvalue weighted by Gasteiger charge is -2.09. The number of fused-ring (bicyclic) bond motifs is 4. The van der Waals surface area contributed by atoms with E-state index in [0.29, 0.717) is 13.0 Å². The third-order valence-corrected chi connectivity index (χ3v) is 7.32. The standard InChI is InChI=1S/C26H25N3O4S/c1-3-4-13-34(31,32)28-26(30)19-10-11-22-23(15-19)29(17(2)27-22)16-18-9-12-25-21(14-18)20-7-5-6-8-24(20)33-25/h5-12,14-15H,3-4,13,16H2,1-2H3,(H,28,30). The molecular weight excluding hydrogens is 450 g/mol. The van der Waals surface area contributed by atoms with Crippen molar-refractivity contribution in [2.24, 2.45) is 0 Å². The number of carbonyl (C=O) groups is 1. The molecule has 0 fully saturated rings. The summed E-state index contributed by atoms with van der Waals surface area (Å²) in [5, 5.41) is 2.11. The number of aromatic nitrogens is 2. The minimum Gasteiger partial charge on any atom is -0.456 e. The topological polar surface area (TPSA) is 94.2 Å². The molecule has 174 valence electrons. The first kappa shape index (κ1) is 22.2. The number of aryl methyl sites for hydroxylation is 1. The summed E-state index contributed by atoms with van der Waals surface area (Å²) in [5.41, 5.74) is 4.55. The van der Waals surface area contributed by atoms with Gasteiger partial charge in [0.2, 0.25) is 10.0 Å². The van der Waals surface area contributed by atoms with Crippen LogP contribution in [0.25, 0.3) is 33.0 Å². The number of unbranched alkanes of at least 4 members (excludes halogenated alkanes) is 1. The van der Waals surface area contributed by atoms with Crippen molar-refractivity contribution in [3.63, 3.8) is 0 Å². The van der Waals surface area contributed by atoms with Gasteiger partial charge in [0.1, 0.15) is 17.0 Å². The van der Waals surface area contributed by atoms with Crippen LogP contribution in [-0.4, -0.2) is 29.6 Å². The van der Waals surface area contributed by atoms with Crippen molar-refractivity contribution in [1.29, 1.82) is 0 Å². The van der Waals surface area contributed by atoms with Gasteiger partial charge in [0.05, 0.1) is 16.8 Å². The largest absolute Gasteiger partial charge is 0.456 e. The first-order chi connectivity index (χ1) is 16.3. The summed E-state index contributed by atoms with van der Waals surface area (Å²) in [6, 6.07) is 19.1. The summed E-state index contributed by atoms with van der Waals surface area (Å²) < 4.78 is 34.5. The molecule has 2 aromatic heterocycles. The molecule has 3 aromatic carbocycles. The van der Waals surface area contributed by atoms with E-state index in [9.17, 15) is 13.2 Å². The third-order valence-electron chi connectivity index (χ3n) is 6.00. The molecule has 0 aliphatic carbocycles. The van der Waals surface area contributed by atoms with Crippen LogP contribution in [0.4, 0.5) is 0 Å². The van der Waals surface area contributed by atoms with Crippen LogP contribution >= 0.6 is 0 Å². The molecule has 0 atom stereocenters. The number of nitrogens with one attached hydrogen (secondary N) is 1. The maximum Gasteiger partial charge on any atom is 0.264 e. The van der Waals surface area contributed by atoms with Crippen molar-refractivity contribution >= 4 is 48.9 Å². The van der Waals surface area contributed by atoms with Gasteiger partial charge in [0, 0.05) is 22.9 Å². The average Bonchev–Trinajstić information content (AvgIpc) is 3.34. The predicted molar refractivity (Wildman–Crippen MR) is 133 cm³/mol. The summed E-state index contributed by atoms with van der Waals surface area (Å²) >= 11 is 0. The van der Waals surface area contributed by atoms with Gasteiger partial charge in [-0.3, -0.25) is 4.79 Å². The Labute approximate surface area is 197 Å². The van der Waals surface area contributed by atoms with Gasteiger partial charge in [-0.25, -0.2) is 18.1 Å². The van der Waals surface area contributed by atoms with E-state index in [1.54, 1.807) is 18.2 Å². The van der Waals surface area contributed by atoms with Gasteiger partial charge in [-0.1, -0.05) is 37.6 Å². The number of imidazole rings is 1. The molecule has 0 bridgehead atoms. The molecule has 7 nitrogen and oxygen atoms in total. The van der Waals surface area contributed by atoms with E-state index in [0.717, 1.165) is 50.8 Å². The second-order valence-corrected chi connectivity index (χ2v) is 10.3. The minimum atomic E-state index is -3.66. The Balaban J connectivity index is 1.48. The van der Waals surface area contributed by atoms with Gasteiger partial charge in [-0.05, 0) is 55.3 Å². The lowest BCUT2D eigenvalue weighted by molar-refractivity contribution is 0.0981. The van der Waals surface area contributed by atoms with Crippen molar-refractivity contribution in [1.82, 2.24) is 14.3 Å². The molecule has 0 aliphatic rings. The van der Waals surface area contributed by atoms with Gasteiger partial charge < -0.3 is 8.98 Å². The molecule has 1 amide bonds. The number of para-hydroxylation sites is 1. The van der Waals surface area contributed by atoms with Crippen LogP contribution in [0.15, 0.2) is 65.1 Å². The Kier molecular flexibility index (Phi) is 5.61. The fourth-order valence-corrected chi connectivity index (χ4v) is 5.39. The number of hydrogen-bond donors (Lipinski definition) is 1. The van der Waals surface area contributed by atoms with Crippen molar-refractivity contribution in [2.75, 3.05) is 5.75 Å². The van der Waals surface area contributed by atoms with E-state index >= 15 is 0 Å². The van der Waals surface area contributed by atoms with Crippen molar-refractivity contribution in [3.8, 4) is 0 Å². The molecule has 0 saturated heterocycles. The zero-order chi connectivity index (χ0) is 23.9. The van der Waals surface area contributed by atoms with Crippen LogP contribution in [0.1, 0.15) is 41.5 Å². The van der Waals surface area contributed by atoms with E-state index in [1.165, 1.54) is 0 Å². The Bertz CT molecular complexity index is 1650. The van der Waals surface area contributed by atoms with E-state index in [1.807, 2.05) is 54.8 Å². The summed E-state index contributed by atoms with van der Waals surface area (Å²) in [6.45, 7) is 4.37. The number of carbonyl (C=O) groups excluding carboxylic acids is 1. The molecule has 5 rings (SSSR count). The number of hydrogen-bond acceptors (Lipinski definition) is 5. The van der Waals surface area contributed by atoms with E-state index < -0.39 is 15.9 Å². The van der Waals surface area contributed by atoms with Crippen LogP contribution in [0, 0.1) is 6.92 Å². The molecule has 0 spiro atoms. The Hall–Kier alpha value is -3.65. The van der Waals surface area contributed by atoms with Crippen molar-refractivity contribution < 1.29 is 17.6 Å². The molecule has 0 aliphatic heterocycles. The Morgan fingerprint density at radius 2 is 1.82 bits per heavy atom. The lowest BCUT2D eigenvalue weighted by atomic mass is 10.1. The molecule has 1 N–H and O–H groups in total. The highest BCUT2D eigenvalue weighted by molar-refractivity contribution is 7.90. The molecule has 2 heterocycles. The fraction of sp³-hybridized carbons (Fsp3) is 0.231. The fourth-order valence-electron chi connectivity index (χ4n) is 4.22. The highest BCUT2D eigenvalue weighted by atomic mass is 32.2. The highest BCUT2D eigenvalue weighted by Crippen LogP contribution is 2.30. The van der Waals surface area contributed by atoms with Crippen molar-refractivity contribution in [2.45, 2.75) is 33.2 Å². The zero-order valence-corrected chi connectivity index (χ0v) is 19.9. The van der Waals surface area contributed by atoms with Crippen LogP contribution in [0.3, 0.4) is 0 Å². The van der Waals surface area contributed by atoms with Crippen LogP contribution in [-0.2, 0) is 16.6 Å². The highest BCUT2D eigenvalue weighted by Gasteiger charge is 2.18. The summed E-state index contributed by atoms with van der Waals surface area (Å²) in [7, 11) is -3.66. The monoisotopic (exact) mass is 475 g/mol. The Morgan fingerprint density at radius 3 is 2.65 bits per heavy atom. The SMILES string of the molecule is CCCCS(=O)(=O)NC(=O)c1ccc2nc(C)n(Cc3ccc4oc5ccccc5c4c3)c2c1. The zero-order valence-electron chi connectivity index (χ0n) is 19.0. The first-order valence-electron chi connectivity index (χ1n) is 11.3. The summed E-state index contributed by atoms with van der Waals surface area (Å²) in [4.78, 5) is 17.3. The Morgan fingerprint density at radius 1 is 1.03 bits per heavy atom. The van der Waals surface area contributed by atoms with E-state index in [4.69, 9.17) is 4.42 Å². The van der Waals surface area contributed by atoms with Gasteiger partial charge in [0.15, 0.2) is 0 Å². The quantitative estimate of drug-likeness (QED) is 0.351. The first-order valence-corrected chi connectivity index (χ1v) is 12.9. The number of benzene rings is 3. The van der Waals surface area contributed by atoms with Crippen LogP contribution < -0.4 is 4.72 Å². The predicted octanol–water partition coefficient (Wildman–Crippen LogP) is 5.15. The van der Waals surface area contributed by atoms with Crippen molar-refractivity contribution in [3.05, 3.63) is 77.6 Å². The number of rotatable bonds is 7. The minimum absolute atomic E-state index is 0.0697. The molecule has 0 saturated carbocycles. The van der Waals surface area contributed by atoms with Gasteiger partial charge in [0.25, 0.3) is 5.91 Å². The molecule has 34 heavy (non-hydrogen) atoms. The van der Waals surface area contributed by atoms with Gasteiger partial charge in [-0.2, -0.15) is 0 Å². The normalized spacial score (nSPS) is 12.1. The molecule has 5 aromatic rings. The van der Waals surface area contributed by atoms with Crippen LogP contribution in [0.2, 0.25) is 0 Å². The van der Waals surface area contributed by atoms with E-state index in [2.05, 4.69) is 15.8 Å². The lowest BCUT2D eigenvalue weighted by Crippen LogP contribution is -2.32. The van der Waals surface area contributed by atoms with Gasteiger partial charge >= 0.3 is 0 Å². The number of amides is 1. The maximum absolute atomic E-state index is 12.7. The third kappa shape index (κ3) is 4.17. The van der Waals surface area contributed by atoms with Crippen LogP contribution in [0.5, 0.6) is 0 Å². The summed E-state index contributed by atoms with van der Waals surface area (Å²) in [6.07, 6.45) is 1.24. The maximum atomic E-state index is 12.7. The second kappa shape index (κ2) is 8.61. The number of furan rings is 1.